The Balaban J connectivity index is 1.36. The van der Waals surface area contributed by atoms with E-state index in [2.05, 4.69) is 39.0 Å². The SMILES string of the molecule is CC[S@](=N)(=O)CC1CN(c2ncc(C(C)C)c3cc(Nc4ccnc(N5CC[C@@H](OC)[C@@H](F)C5)n4)ncc23)C1. The van der Waals surface area contributed by atoms with E-state index in [4.69, 9.17) is 14.5 Å². The van der Waals surface area contributed by atoms with Crippen molar-refractivity contribution in [1.29, 1.82) is 4.78 Å². The lowest BCUT2D eigenvalue weighted by molar-refractivity contribution is 0.0194. The van der Waals surface area contributed by atoms with Crippen LogP contribution in [-0.4, -0.2) is 81.2 Å². The van der Waals surface area contributed by atoms with Gasteiger partial charge in [0, 0.05) is 77.9 Å². The molecule has 0 saturated carbocycles. The number of pyridine rings is 2. The van der Waals surface area contributed by atoms with Gasteiger partial charge in [-0.2, -0.15) is 4.98 Å². The third kappa shape index (κ3) is 5.91. The highest BCUT2D eigenvalue weighted by Gasteiger charge is 2.32. The molecule has 2 N–H and O–H groups in total. The summed E-state index contributed by atoms with van der Waals surface area (Å²) in [4.78, 5) is 22.4. The van der Waals surface area contributed by atoms with Gasteiger partial charge in [-0.05, 0) is 35.4 Å². The molecule has 2 fully saturated rings. The van der Waals surface area contributed by atoms with E-state index in [0.29, 0.717) is 42.1 Å². The number of hydrogen-bond donors (Lipinski definition) is 2. The van der Waals surface area contributed by atoms with Crippen LogP contribution >= 0.6 is 0 Å². The van der Waals surface area contributed by atoms with Gasteiger partial charge in [0.25, 0.3) is 0 Å². The van der Waals surface area contributed by atoms with Crippen LogP contribution in [0.3, 0.4) is 0 Å². The van der Waals surface area contributed by atoms with E-state index in [1.807, 2.05) is 30.3 Å². The summed E-state index contributed by atoms with van der Waals surface area (Å²) in [6.45, 7) is 8.39. The molecule has 2 aliphatic rings. The number of alkyl halides is 1. The smallest absolute Gasteiger partial charge is 0.227 e. The molecule has 0 bridgehead atoms. The maximum absolute atomic E-state index is 14.4. The predicted molar refractivity (Wildman–Crippen MR) is 153 cm³/mol. The topological polar surface area (TPSA) is 120 Å². The average molecular weight is 557 g/mol. The Labute approximate surface area is 229 Å². The minimum atomic E-state index is -2.50. The Morgan fingerprint density at radius 2 is 1.95 bits per heavy atom. The van der Waals surface area contributed by atoms with Gasteiger partial charge in [-0.25, -0.2) is 23.6 Å². The van der Waals surface area contributed by atoms with Crippen molar-refractivity contribution in [3.8, 4) is 0 Å². The normalized spacial score (nSPS) is 21.7. The van der Waals surface area contributed by atoms with E-state index in [0.717, 1.165) is 35.2 Å². The number of ether oxygens (including phenoxy) is 1. The van der Waals surface area contributed by atoms with Gasteiger partial charge < -0.3 is 19.9 Å². The third-order valence-corrected chi connectivity index (χ3v) is 9.54. The first-order valence-electron chi connectivity index (χ1n) is 13.5. The van der Waals surface area contributed by atoms with Gasteiger partial charge in [-0.3, -0.25) is 4.78 Å². The second kappa shape index (κ2) is 11.2. The van der Waals surface area contributed by atoms with Crippen molar-refractivity contribution in [2.24, 2.45) is 5.92 Å². The molecule has 210 valence electrons. The molecular formula is C27H37FN8O2S. The molecule has 39 heavy (non-hydrogen) atoms. The number of aromatic nitrogens is 4. The number of hydrogen-bond acceptors (Lipinski definition) is 10. The van der Waals surface area contributed by atoms with Gasteiger partial charge >= 0.3 is 0 Å². The second-order valence-electron chi connectivity index (χ2n) is 10.7. The van der Waals surface area contributed by atoms with Crippen molar-refractivity contribution >= 4 is 43.9 Å². The predicted octanol–water partition coefficient (Wildman–Crippen LogP) is 4.35. The molecule has 2 saturated heterocycles. The highest BCUT2D eigenvalue weighted by molar-refractivity contribution is 7.92. The first kappa shape index (κ1) is 27.4. The lowest BCUT2D eigenvalue weighted by Crippen LogP contribution is -2.50. The molecule has 10 nitrogen and oxygen atoms in total. The summed E-state index contributed by atoms with van der Waals surface area (Å²) in [5.74, 6) is 3.89. The number of piperidine rings is 1. The van der Waals surface area contributed by atoms with Gasteiger partial charge in [0.1, 0.15) is 23.6 Å². The number of rotatable bonds is 9. The summed E-state index contributed by atoms with van der Waals surface area (Å²) in [6.07, 6.45) is 4.53. The lowest BCUT2D eigenvalue weighted by atomic mass is 9.97. The van der Waals surface area contributed by atoms with Crippen LogP contribution in [0, 0.1) is 10.7 Å². The third-order valence-electron chi connectivity index (χ3n) is 7.60. The summed E-state index contributed by atoms with van der Waals surface area (Å²) in [5.41, 5.74) is 1.12. The molecule has 3 atom stereocenters. The molecule has 0 unspecified atom stereocenters. The van der Waals surface area contributed by atoms with Crippen molar-refractivity contribution in [2.45, 2.75) is 45.4 Å². The number of anilines is 4. The Kier molecular flexibility index (Phi) is 7.86. The number of nitrogens with one attached hydrogen (secondary N) is 2. The monoisotopic (exact) mass is 556 g/mol. The maximum Gasteiger partial charge on any atom is 0.227 e. The van der Waals surface area contributed by atoms with Gasteiger partial charge in [0.05, 0.1) is 12.6 Å². The average Bonchev–Trinajstić information content (AvgIpc) is 2.90. The zero-order valence-electron chi connectivity index (χ0n) is 22.9. The molecular weight excluding hydrogens is 519 g/mol. The number of methoxy groups -OCH3 is 1. The van der Waals surface area contributed by atoms with Crippen LogP contribution in [0.15, 0.2) is 30.7 Å². The van der Waals surface area contributed by atoms with Crippen LogP contribution < -0.4 is 15.1 Å². The summed E-state index contributed by atoms with van der Waals surface area (Å²) >= 11 is 0. The van der Waals surface area contributed by atoms with Crippen molar-refractivity contribution < 1.29 is 13.3 Å². The minimum Gasteiger partial charge on any atom is -0.378 e. The molecule has 12 heteroatoms. The van der Waals surface area contributed by atoms with Crippen molar-refractivity contribution in [3.63, 3.8) is 0 Å². The zero-order chi connectivity index (χ0) is 27.7. The molecule has 2 aliphatic heterocycles. The summed E-state index contributed by atoms with van der Waals surface area (Å²) in [5, 5.41) is 5.32. The van der Waals surface area contributed by atoms with Crippen LogP contribution in [-0.2, 0) is 14.5 Å². The van der Waals surface area contributed by atoms with Crippen LogP contribution in [0.2, 0.25) is 0 Å². The number of fused-ring (bicyclic) bond motifs is 1. The van der Waals surface area contributed by atoms with E-state index >= 15 is 0 Å². The molecule has 3 aromatic rings. The Bertz CT molecular complexity index is 1430. The highest BCUT2D eigenvalue weighted by Crippen LogP contribution is 2.35. The molecule has 0 radical (unpaired) electrons. The summed E-state index contributed by atoms with van der Waals surface area (Å²) < 4.78 is 39.9. The second-order valence-corrected chi connectivity index (χ2v) is 13.3. The fourth-order valence-electron chi connectivity index (χ4n) is 5.30. The summed E-state index contributed by atoms with van der Waals surface area (Å²) in [6, 6.07) is 3.79. The van der Waals surface area contributed by atoms with Crippen LogP contribution in [0.25, 0.3) is 10.8 Å². The first-order valence-corrected chi connectivity index (χ1v) is 15.4. The zero-order valence-corrected chi connectivity index (χ0v) is 23.7. The molecule has 0 spiro atoms. The molecule has 0 aromatic carbocycles. The Morgan fingerprint density at radius 1 is 1.15 bits per heavy atom. The molecule has 5 rings (SSSR count). The van der Waals surface area contributed by atoms with Crippen molar-refractivity contribution in [2.75, 3.05) is 59.9 Å². The van der Waals surface area contributed by atoms with Gasteiger partial charge in [0.15, 0.2) is 0 Å². The maximum atomic E-state index is 14.4. The fraction of sp³-hybridized carbons (Fsp3) is 0.556. The minimum absolute atomic E-state index is 0.193. The largest absolute Gasteiger partial charge is 0.378 e. The highest BCUT2D eigenvalue weighted by atomic mass is 32.2. The fourth-order valence-corrected chi connectivity index (χ4v) is 6.51. The standard InChI is InChI=1S/C27H37FN8O2S/c1-5-39(29,37)16-18-13-36(14-18)26-21-12-31-25(10-19(21)20(11-32-26)17(2)3)33-24-6-8-30-27(34-24)35-9-7-23(38-4)22(28)15-35/h6,8,10-12,17-18,22-23,29H,5,7,9,13-16H2,1-4H3,(H,30,31,33,34)/t22-,23+,39-/m0/s1. The van der Waals surface area contributed by atoms with E-state index in [-0.39, 0.29) is 18.4 Å². The van der Waals surface area contributed by atoms with Crippen molar-refractivity contribution in [1.82, 2.24) is 19.9 Å². The molecule has 5 heterocycles. The van der Waals surface area contributed by atoms with Gasteiger partial charge in [0.2, 0.25) is 5.95 Å². The molecule has 3 aromatic heterocycles. The van der Waals surface area contributed by atoms with Crippen LogP contribution in [0.4, 0.5) is 27.8 Å². The quantitative estimate of drug-likeness (QED) is 0.396. The Morgan fingerprint density at radius 3 is 2.64 bits per heavy atom. The summed E-state index contributed by atoms with van der Waals surface area (Å²) in [7, 11) is -0.962. The number of halogens is 1. The van der Waals surface area contributed by atoms with Gasteiger partial charge in [-0.15, -0.1) is 0 Å². The Hall–Kier alpha value is -3.12. The molecule has 0 amide bonds. The molecule has 0 aliphatic carbocycles. The van der Waals surface area contributed by atoms with E-state index < -0.39 is 22.0 Å². The first-order chi connectivity index (χ1) is 18.7. The lowest BCUT2D eigenvalue weighted by Gasteiger charge is -2.41. The van der Waals surface area contributed by atoms with E-state index in [1.165, 1.54) is 0 Å². The van der Waals surface area contributed by atoms with E-state index in [1.54, 1.807) is 19.4 Å². The number of nitrogens with zero attached hydrogens (tertiary/aromatic N) is 6. The van der Waals surface area contributed by atoms with Crippen LogP contribution in [0.5, 0.6) is 0 Å². The van der Waals surface area contributed by atoms with Crippen LogP contribution in [0.1, 0.15) is 38.7 Å². The van der Waals surface area contributed by atoms with Crippen molar-refractivity contribution in [3.05, 3.63) is 36.3 Å². The van der Waals surface area contributed by atoms with E-state index in [9.17, 15) is 8.60 Å². The van der Waals surface area contributed by atoms with Gasteiger partial charge in [-0.1, -0.05) is 20.8 Å².